The van der Waals surface area contributed by atoms with E-state index in [1.165, 1.54) is 12.8 Å². The predicted molar refractivity (Wildman–Crippen MR) is 83.8 cm³/mol. The Bertz CT molecular complexity index is 438. The van der Waals surface area contributed by atoms with Gasteiger partial charge in [0.05, 0.1) is 6.10 Å². The van der Waals surface area contributed by atoms with Gasteiger partial charge in [0, 0.05) is 11.3 Å². The van der Waals surface area contributed by atoms with Crippen LogP contribution in [0.25, 0.3) is 0 Å². The van der Waals surface area contributed by atoms with Gasteiger partial charge in [-0.15, -0.1) is 0 Å². The highest BCUT2D eigenvalue weighted by molar-refractivity contribution is 7.99. The number of halogens is 1. The molecule has 1 heterocycles. The largest absolute Gasteiger partial charge is 0.461 e. The first kappa shape index (κ1) is 15.6. The van der Waals surface area contributed by atoms with Crippen molar-refractivity contribution >= 4 is 29.3 Å². The molecule has 0 amide bonds. The van der Waals surface area contributed by atoms with Crippen LogP contribution in [0.1, 0.15) is 39.5 Å². The van der Waals surface area contributed by atoms with Crippen LogP contribution >= 0.6 is 23.4 Å². The first-order valence-corrected chi connectivity index (χ1v) is 8.61. The van der Waals surface area contributed by atoms with E-state index in [1.54, 1.807) is 0 Å². The third kappa shape index (κ3) is 4.66. The molecule has 1 fully saturated rings. The first-order valence-electron chi connectivity index (χ1n) is 6.94. The van der Waals surface area contributed by atoms with E-state index in [4.69, 9.17) is 16.3 Å². The number of aromatic nitrogens is 3. The Morgan fingerprint density at radius 2 is 1.90 bits per heavy atom. The number of rotatable bonds is 5. The lowest BCUT2D eigenvalue weighted by Gasteiger charge is -2.28. The molecule has 20 heavy (non-hydrogen) atoms. The van der Waals surface area contributed by atoms with E-state index in [2.05, 4.69) is 26.5 Å². The Hall–Kier alpha value is -0.750. The van der Waals surface area contributed by atoms with Crippen molar-refractivity contribution in [1.82, 2.24) is 15.0 Å². The van der Waals surface area contributed by atoms with Gasteiger partial charge in [0.2, 0.25) is 11.2 Å². The molecule has 1 aromatic heterocycles. The second-order valence-corrected chi connectivity index (χ2v) is 6.71. The van der Waals surface area contributed by atoms with Gasteiger partial charge in [-0.25, -0.2) is 0 Å². The molecule has 1 aliphatic rings. The summed E-state index contributed by atoms with van der Waals surface area (Å²) >= 11 is 7.87. The van der Waals surface area contributed by atoms with Crippen LogP contribution in [0.3, 0.4) is 0 Å². The summed E-state index contributed by atoms with van der Waals surface area (Å²) < 4.78 is 5.47. The van der Waals surface area contributed by atoms with Crippen LogP contribution < -0.4 is 10.1 Å². The van der Waals surface area contributed by atoms with Gasteiger partial charge in [0.1, 0.15) is 0 Å². The van der Waals surface area contributed by atoms with E-state index < -0.39 is 0 Å². The summed E-state index contributed by atoms with van der Waals surface area (Å²) in [6, 6.07) is 0.684. The van der Waals surface area contributed by atoms with Crippen molar-refractivity contribution in [1.29, 1.82) is 0 Å². The Balaban J connectivity index is 1.97. The van der Waals surface area contributed by atoms with E-state index in [-0.39, 0.29) is 17.4 Å². The zero-order valence-corrected chi connectivity index (χ0v) is 13.7. The summed E-state index contributed by atoms with van der Waals surface area (Å²) in [6.07, 6.45) is 6.92. The van der Waals surface area contributed by atoms with E-state index in [9.17, 15) is 0 Å². The number of anilines is 1. The van der Waals surface area contributed by atoms with Crippen LogP contribution in [0.15, 0.2) is 0 Å². The lowest BCUT2D eigenvalue weighted by Crippen LogP contribution is -2.28. The maximum Gasteiger partial charge on any atom is 0.322 e. The topological polar surface area (TPSA) is 59.9 Å². The number of thioether (sulfide) groups is 1. The Labute approximate surface area is 129 Å². The second-order valence-electron chi connectivity index (χ2n) is 5.23. The lowest BCUT2D eigenvalue weighted by atomic mass is 9.95. The number of hydrogen-bond donors (Lipinski definition) is 1. The Morgan fingerprint density at radius 1 is 1.20 bits per heavy atom. The van der Waals surface area contributed by atoms with Gasteiger partial charge in [-0.3, -0.25) is 0 Å². The highest BCUT2D eigenvalue weighted by Gasteiger charge is 2.21. The van der Waals surface area contributed by atoms with Gasteiger partial charge >= 0.3 is 6.01 Å². The second kappa shape index (κ2) is 7.31. The molecular weight excluding hydrogens is 296 g/mol. The molecule has 2 rings (SSSR count). The molecule has 1 saturated carbocycles. The molecule has 5 nitrogen and oxygen atoms in total. The number of hydrogen-bond acceptors (Lipinski definition) is 6. The molecule has 0 unspecified atom stereocenters. The normalized spacial score (nSPS) is 22.9. The van der Waals surface area contributed by atoms with Gasteiger partial charge in [0.25, 0.3) is 0 Å². The maximum absolute atomic E-state index is 5.91. The fraction of sp³-hybridized carbons (Fsp3) is 0.769. The number of nitrogens with zero attached hydrogens (tertiary/aromatic N) is 3. The van der Waals surface area contributed by atoms with Crippen LogP contribution in [0, 0.1) is 0 Å². The zero-order valence-electron chi connectivity index (χ0n) is 12.1. The van der Waals surface area contributed by atoms with E-state index >= 15 is 0 Å². The predicted octanol–water partition coefficient (Wildman–Crippen LogP) is 3.40. The standard InChI is InChI=1S/C13H21ClN4OS/c1-8(2)19-13-17-11(14)16-12(18-13)15-9-4-6-10(20-3)7-5-9/h8-10H,4-7H2,1-3H3,(H,15,16,17,18). The molecule has 7 heteroatoms. The minimum absolute atomic E-state index is 0.0123. The summed E-state index contributed by atoms with van der Waals surface area (Å²) in [7, 11) is 0. The summed E-state index contributed by atoms with van der Waals surface area (Å²) in [5, 5.41) is 4.29. The van der Waals surface area contributed by atoms with Crippen molar-refractivity contribution in [2.24, 2.45) is 0 Å². The average Bonchev–Trinajstić information content (AvgIpc) is 2.38. The number of ether oxygens (including phenoxy) is 1. The molecule has 1 aromatic rings. The van der Waals surface area contributed by atoms with E-state index in [0.717, 1.165) is 18.1 Å². The molecule has 0 aromatic carbocycles. The Kier molecular flexibility index (Phi) is 5.72. The van der Waals surface area contributed by atoms with Crippen molar-refractivity contribution < 1.29 is 4.74 Å². The summed E-state index contributed by atoms with van der Waals surface area (Å²) in [4.78, 5) is 12.4. The minimum Gasteiger partial charge on any atom is -0.461 e. The number of nitrogens with one attached hydrogen (secondary N) is 1. The van der Waals surface area contributed by atoms with Crippen LogP contribution in [0.4, 0.5) is 5.95 Å². The molecule has 1 aliphatic carbocycles. The van der Waals surface area contributed by atoms with Gasteiger partial charge in [-0.1, -0.05) is 0 Å². The zero-order chi connectivity index (χ0) is 14.5. The van der Waals surface area contributed by atoms with Crippen molar-refractivity contribution in [3.63, 3.8) is 0 Å². The third-order valence-electron chi connectivity index (χ3n) is 3.27. The summed E-state index contributed by atoms with van der Waals surface area (Å²) in [5.74, 6) is 0.508. The minimum atomic E-state index is 0.0123. The molecule has 0 spiro atoms. The Morgan fingerprint density at radius 3 is 2.50 bits per heavy atom. The van der Waals surface area contributed by atoms with E-state index in [1.807, 2.05) is 25.6 Å². The van der Waals surface area contributed by atoms with Gasteiger partial charge in [-0.2, -0.15) is 26.7 Å². The van der Waals surface area contributed by atoms with Crippen molar-refractivity contribution in [3.05, 3.63) is 5.28 Å². The fourth-order valence-electron chi connectivity index (χ4n) is 2.29. The van der Waals surface area contributed by atoms with Crippen LogP contribution in [0.2, 0.25) is 5.28 Å². The first-order chi connectivity index (χ1) is 9.56. The van der Waals surface area contributed by atoms with E-state index in [0.29, 0.717) is 12.0 Å². The van der Waals surface area contributed by atoms with Crippen molar-refractivity contribution in [3.8, 4) is 6.01 Å². The monoisotopic (exact) mass is 316 g/mol. The molecule has 0 aliphatic heterocycles. The van der Waals surface area contributed by atoms with Crippen LogP contribution in [-0.4, -0.2) is 38.6 Å². The molecule has 0 radical (unpaired) electrons. The molecule has 1 N–H and O–H groups in total. The maximum atomic E-state index is 5.91. The fourth-order valence-corrected chi connectivity index (χ4v) is 3.18. The molecular formula is C13H21ClN4OS. The molecule has 0 atom stereocenters. The third-order valence-corrected chi connectivity index (χ3v) is 4.58. The van der Waals surface area contributed by atoms with Crippen molar-refractivity contribution in [2.75, 3.05) is 11.6 Å². The van der Waals surface area contributed by atoms with Crippen molar-refractivity contribution in [2.45, 2.75) is 56.9 Å². The highest BCUT2D eigenvalue weighted by Crippen LogP contribution is 2.28. The smallest absolute Gasteiger partial charge is 0.322 e. The van der Waals surface area contributed by atoms with Gasteiger partial charge < -0.3 is 10.1 Å². The van der Waals surface area contributed by atoms with Gasteiger partial charge in [-0.05, 0) is 57.4 Å². The molecule has 0 bridgehead atoms. The average molecular weight is 317 g/mol. The summed E-state index contributed by atoms with van der Waals surface area (Å²) in [5.41, 5.74) is 0. The lowest BCUT2D eigenvalue weighted by molar-refractivity contribution is 0.221. The van der Waals surface area contributed by atoms with Crippen LogP contribution in [0.5, 0.6) is 6.01 Å². The van der Waals surface area contributed by atoms with Crippen LogP contribution in [-0.2, 0) is 0 Å². The van der Waals surface area contributed by atoms with Gasteiger partial charge in [0.15, 0.2) is 0 Å². The molecule has 112 valence electrons. The molecule has 0 saturated heterocycles. The quantitative estimate of drug-likeness (QED) is 0.898. The SMILES string of the molecule is CSC1CCC(Nc2nc(Cl)nc(OC(C)C)n2)CC1. The highest BCUT2D eigenvalue weighted by atomic mass is 35.5. The summed E-state index contributed by atoms with van der Waals surface area (Å²) in [6.45, 7) is 3.85.